The second kappa shape index (κ2) is 5.12. The average Bonchev–Trinajstić information content (AvgIpc) is 2.16. The molecule has 4 heteroatoms. The lowest BCUT2D eigenvalue weighted by Gasteiger charge is -2.30. The molecule has 0 amide bonds. The molecule has 1 rings (SSSR count). The lowest BCUT2D eigenvalue weighted by molar-refractivity contribution is -0.131. The zero-order valence-corrected chi connectivity index (χ0v) is 8.22. The predicted octanol–water partition coefficient (Wildman–Crippen LogP) is 0.803. The third-order valence-electron chi connectivity index (χ3n) is 2.61. The van der Waals surface area contributed by atoms with Crippen molar-refractivity contribution in [1.82, 2.24) is 0 Å². The maximum absolute atomic E-state index is 10.3. The molecule has 14 heavy (non-hydrogen) atoms. The molecule has 0 aromatic carbocycles. The first kappa shape index (κ1) is 11.2. The SMILES string of the molecule is COC1CC(/C=C/C(=O)O)CCC1O. The lowest BCUT2D eigenvalue weighted by Crippen LogP contribution is -2.34. The molecule has 80 valence electrons. The summed E-state index contributed by atoms with van der Waals surface area (Å²) in [6.07, 6.45) is 4.47. The fourth-order valence-corrected chi connectivity index (χ4v) is 1.79. The van der Waals surface area contributed by atoms with Gasteiger partial charge in [-0.3, -0.25) is 0 Å². The van der Waals surface area contributed by atoms with Crippen molar-refractivity contribution in [2.75, 3.05) is 7.11 Å². The molecule has 0 radical (unpaired) electrons. The van der Waals surface area contributed by atoms with Crippen LogP contribution in [0.1, 0.15) is 19.3 Å². The van der Waals surface area contributed by atoms with Gasteiger partial charge in [-0.25, -0.2) is 4.79 Å². The zero-order valence-electron chi connectivity index (χ0n) is 8.22. The molecule has 1 saturated carbocycles. The highest BCUT2D eigenvalue weighted by Gasteiger charge is 2.27. The Morgan fingerprint density at radius 1 is 1.50 bits per heavy atom. The molecule has 0 aromatic heterocycles. The zero-order chi connectivity index (χ0) is 10.6. The molecule has 0 bridgehead atoms. The summed E-state index contributed by atoms with van der Waals surface area (Å²) in [6.45, 7) is 0. The first-order valence-electron chi connectivity index (χ1n) is 4.75. The van der Waals surface area contributed by atoms with Crippen molar-refractivity contribution in [2.45, 2.75) is 31.5 Å². The monoisotopic (exact) mass is 200 g/mol. The first-order valence-corrected chi connectivity index (χ1v) is 4.75. The summed E-state index contributed by atoms with van der Waals surface area (Å²) in [6, 6.07) is 0. The number of aliphatic carboxylic acids is 1. The maximum atomic E-state index is 10.3. The molecule has 0 aliphatic heterocycles. The van der Waals surface area contributed by atoms with Gasteiger partial charge < -0.3 is 14.9 Å². The maximum Gasteiger partial charge on any atom is 0.327 e. The quantitative estimate of drug-likeness (QED) is 0.661. The first-order chi connectivity index (χ1) is 6.63. The van der Waals surface area contributed by atoms with Crippen LogP contribution < -0.4 is 0 Å². The third-order valence-corrected chi connectivity index (χ3v) is 2.61. The summed E-state index contributed by atoms with van der Waals surface area (Å²) in [7, 11) is 1.57. The summed E-state index contributed by atoms with van der Waals surface area (Å²) >= 11 is 0. The van der Waals surface area contributed by atoms with Crippen molar-refractivity contribution < 1.29 is 19.7 Å². The number of carboxylic acid groups (broad SMARTS) is 1. The van der Waals surface area contributed by atoms with Gasteiger partial charge in [-0.15, -0.1) is 0 Å². The molecule has 0 saturated heterocycles. The van der Waals surface area contributed by atoms with E-state index in [0.717, 1.165) is 12.5 Å². The number of rotatable bonds is 3. The standard InChI is InChI=1S/C10H16O4/c1-14-9-6-7(2-4-8(9)11)3-5-10(12)13/h3,5,7-9,11H,2,4,6H2,1H3,(H,12,13)/b5-3+. The summed E-state index contributed by atoms with van der Waals surface area (Å²) in [5, 5.41) is 18.0. The number of carboxylic acids is 1. The van der Waals surface area contributed by atoms with E-state index in [9.17, 15) is 9.90 Å². The third kappa shape index (κ3) is 3.12. The van der Waals surface area contributed by atoms with E-state index in [1.165, 1.54) is 0 Å². The predicted molar refractivity (Wildman–Crippen MR) is 50.9 cm³/mol. The minimum Gasteiger partial charge on any atom is -0.478 e. The van der Waals surface area contributed by atoms with Crippen LogP contribution in [-0.4, -0.2) is 35.5 Å². The highest BCUT2D eigenvalue weighted by molar-refractivity contribution is 5.79. The van der Waals surface area contributed by atoms with Crippen LogP contribution in [0.25, 0.3) is 0 Å². The topological polar surface area (TPSA) is 66.8 Å². The van der Waals surface area contributed by atoms with Crippen LogP contribution >= 0.6 is 0 Å². The van der Waals surface area contributed by atoms with Crippen molar-refractivity contribution in [3.63, 3.8) is 0 Å². The molecule has 0 heterocycles. The molecule has 3 unspecified atom stereocenters. The van der Waals surface area contributed by atoms with Gasteiger partial charge in [0.1, 0.15) is 0 Å². The van der Waals surface area contributed by atoms with E-state index in [2.05, 4.69) is 0 Å². The van der Waals surface area contributed by atoms with Crippen molar-refractivity contribution in [3.05, 3.63) is 12.2 Å². The molecule has 0 aromatic rings. The van der Waals surface area contributed by atoms with E-state index >= 15 is 0 Å². The minimum absolute atomic E-state index is 0.160. The van der Waals surface area contributed by atoms with Gasteiger partial charge in [0.15, 0.2) is 0 Å². The van der Waals surface area contributed by atoms with E-state index in [0.29, 0.717) is 12.8 Å². The van der Waals surface area contributed by atoms with Crippen LogP contribution in [0.2, 0.25) is 0 Å². The summed E-state index contributed by atoms with van der Waals surface area (Å²) in [4.78, 5) is 10.3. The van der Waals surface area contributed by atoms with Crippen LogP contribution in [0, 0.1) is 5.92 Å². The number of aliphatic hydroxyl groups is 1. The van der Waals surface area contributed by atoms with E-state index < -0.39 is 12.1 Å². The Balaban J connectivity index is 2.46. The second-order valence-corrected chi connectivity index (χ2v) is 3.61. The van der Waals surface area contributed by atoms with Gasteiger partial charge in [0.05, 0.1) is 12.2 Å². The molecular weight excluding hydrogens is 184 g/mol. The van der Waals surface area contributed by atoms with Crippen LogP contribution in [0.5, 0.6) is 0 Å². The highest BCUT2D eigenvalue weighted by Crippen LogP contribution is 2.27. The summed E-state index contributed by atoms with van der Waals surface area (Å²) < 4.78 is 5.11. The molecule has 1 aliphatic rings. The van der Waals surface area contributed by atoms with Crippen LogP contribution in [0.4, 0.5) is 0 Å². The van der Waals surface area contributed by atoms with Gasteiger partial charge in [-0.1, -0.05) is 6.08 Å². The normalized spacial score (nSPS) is 33.4. The van der Waals surface area contributed by atoms with Crippen molar-refractivity contribution >= 4 is 5.97 Å². The van der Waals surface area contributed by atoms with Gasteiger partial charge in [-0.05, 0) is 25.2 Å². The fourth-order valence-electron chi connectivity index (χ4n) is 1.79. The lowest BCUT2D eigenvalue weighted by atomic mass is 9.85. The number of ether oxygens (including phenoxy) is 1. The van der Waals surface area contributed by atoms with Gasteiger partial charge in [-0.2, -0.15) is 0 Å². The van der Waals surface area contributed by atoms with Crippen LogP contribution in [-0.2, 0) is 9.53 Å². The average molecular weight is 200 g/mol. The number of carbonyl (C=O) groups is 1. The van der Waals surface area contributed by atoms with E-state index in [-0.39, 0.29) is 12.0 Å². The number of hydrogen-bond acceptors (Lipinski definition) is 3. The summed E-state index contributed by atoms with van der Waals surface area (Å²) in [5.74, 6) is -0.718. The largest absolute Gasteiger partial charge is 0.478 e. The molecule has 1 fully saturated rings. The van der Waals surface area contributed by atoms with Crippen molar-refractivity contribution in [2.24, 2.45) is 5.92 Å². The molecule has 3 atom stereocenters. The Hall–Kier alpha value is -0.870. The Morgan fingerprint density at radius 3 is 2.79 bits per heavy atom. The van der Waals surface area contributed by atoms with Crippen molar-refractivity contribution in [3.8, 4) is 0 Å². The number of methoxy groups -OCH3 is 1. The Labute approximate surface area is 83.2 Å². The number of allylic oxidation sites excluding steroid dienone is 1. The smallest absolute Gasteiger partial charge is 0.327 e. The Morgan fingerprint density at radius 2 is 2.21 bits per heavy atom. The van der Waals surface area contributed by atoms with Crippen LogP contribution in [0.3, 0.4) is 0 Å². The number of hydrogen-bond donors (Lipinski definition) is 2. The number of aliphatic hydroxyl groups excluding tert-OH is 1. The highest BCUT2D eigenvalue weighted by atomic mass is 16.5. The van der Waals surface area contributed by atoms with E-state index in [1.807, 2.05) is 0 Å². The molecule has 4 nitrogen and oxygen atoms in total. The fraction of sp³-hybridized carbons (Fsp3) is 0.700. The second-order valence-electron chi connectivity index (χ2n) is 3.61. The van der Waals surface area contributed by atoms with Gasteiger partial charge in [0, 0.05) is 13.2 Å². The van der Waals surface area contributed by atoms with E-state index in [1.54, 1.807) is 13.2 Å². The molecule has 1 aliphatic carbocycles. The van der Waals surface area contributed by atoms with Crippen LogP contribution in [0.15, 0.2) is 12.2 Å². The van der Waals surface area contributed by atoms with Gasteiger partial charge >= 0.3 is 5.97 Å². The van der Waals surface area contributed by atoms with Gasteiger partial charge in [0.25, 0.3) is 0 Å². The van der Waals surface area contributed by atoms with E-state index in [4.69, 9.17) is 9.84 Å². The summed E-state index contributed by atoms with van der Waals surface area (Å²) in [5.41, 5.74) is 0. The van der Waals surface area contributed by atoms with Gasteiger partial charge in [0.2, 0.25) is 0 Å². The van der Waals surface area contributed by atoms with Crippen molar-refractivity contribution in [1.29, 1.82) is 0 Å². The molecular formula is C10H16O4. The molecule has 0 spiro atoms. The minimum atomic E-state index is -0.926. The Kier molecular flexibility index (Phi) is 4.10. The Bertz CT molecular complexity index is 224. The molecule has 2 N–H and O–H groups in total.